The third-order valence-electron chi connectivity index (χ3n) is 3.16. The van der Waals surface area contributed by atoms with Crippen molar-refractivity contribution in [2.45, 2.75) is 12.5 Å². The number of thiophene rings is 1. The van der Waals surface area contributed by atoms with Crippen LogP contribution in [0.25, 0.3) is 0 Å². The minimum absolute atomic E-state index is 0.488. The number of halogens is 1. The summed E-state index contributed by atoms with van der Waals surface area (Å²) in [6.07, 6.45) is -0.181. The molecule has 114 valence electrons. The van der Waals surface area contributed by atoms with Crippen molar-refractivity contribution in [2.24, 2.45) is 0 Å². The number of ether oxygens (including phenoxy) is 3. The van der Waals surface area contributed by atoms with Crippen molar-refractivity contribution in [3.05, 3.63) is 38.5 Å². The van der Waals surface area contributed by atoms with E-state index >= 15 is 0 Å². The van der Waals surface area contributed by atoms with Crippen LogP contribution in [0.15, 0.2) is 28.1 Å². The highest BCUT2D eigenvalue weighted by atomic mass is 79.9. The van der Waals surface area contributed by atoms with E-state index in [4.69, 9.17) is 14.2 Å². The molecular weight excluding hydrogens is 356 g/mol. The third-order valence-corrected chi connectivity index (χ3v) is 5.11. The first kappa shape index (κ1) is 16.1. The first-order valence-corrected chi connectivity index (χ1v) is 7.98. The van der Waals surface area contributed by atoms with Gasteiger partial charge in [-0.3, -0.25) is 0 Å². The Hall–Kier alpha value is -1.24. The molecule has 1 N–H and O–H groups in total. The normalized spacial score (nSPS) is 12.0. The molecule has 21 heavy (non-hydrogen) atoms. The van der Waals surface area contributed by atoms with Crippen molar-refractivity contribution < 1.29 is 19.3 Å². The Morgan fingerprint density at radius 1 is 1.10 bits per heavy atom. The van der Waals surface area contributed by atoms with E-state index in [9.17, 15) is 5.11 Å². The summed E-state index contributed by atoms with van der Waals surface area (Å²) in [6.45, 7) is 0. The summed E-state index contributed by atoms with van der Waals surface area (Å²) in [7, 11) is 4.66. The van der Waals surface area contributed by atoms with Crippen LogP contribution in [0.4, 0.5) is 0 Å². The number of aliphatic hydroxyl groups is 1. The lowest BCUT2D eigenvalue weighted by Gasteiger charge is -2.19. The maximum absolute atomic E-state index is 10.5. The van der Waals surface area contributed by atoms with Crippen LogP contribution in [0.3, 0.4) is 0 Å². The third kappa shape index (κ3) is 3.33. The van der Waals surface area contributed by atoms with Crippen LogP contribution in [0, 0.1) is 0 Å². The lowest BCUT2D eigenvalue weighted by Crippen LogP contribution is -2.05. The van der Waals surface area contributed by atoms with Crippen LogP contribution in [0.2, 0.25) is 0 Å². The van der Waals surface area contributed by atoms with Crippen molar-refractivity contribution >= 4 is 27.3 Å². The Morgan fingerprint density at radius 2 is 1.81 bits per heavy atom. The highest BCUT2D eigenvalue weighted by Crippen LogP contribution is 2.43. The molecule has 0 radical (unpaired) electrons. The standard InChI is InChI=1S/C15H17BrO4S/c1-18-12-5-4-9(14(19-2)15(12)20-3)11(17)8-13-10(16)6-7-21-13/h4-7,11,17H,8H2,1-3H3. The molecule has 1 atom stereocenters. The monoisotopic (exact) mass is 372 g/mol. The first-order valence-electron chi connectivity index (χ1n) is 6.31. The summed E-state index contributed by atoms with van der Waals surface area (Å²) < 4.78 is 17.0. The minimum Gasteiger partial charge on any atom is -0.493 e. The lowest BCUT2D eigenvalue weighted by molar-refractivity contribution is 0.173. The fourth-order valence-corrected chi connectivity index (χ4v) is 3.70. The summed E-state index contributed by atoms with van der Waals surface area (Å²) in [6, 6.07) is 5.54. The van der Waals surface area contributed by atoms with E-state index < -0.39 is 6.10 Å². The molecule has 0 saturated carbocycles. The fourth-order valence-electron chi connectivity index (χ4n) is 2.14. The van der Waals surface area contributed by atoms with Crippen LogP contribution >= 0.6 is 27.3 Å². The van der Waals surface area contributed by atoms with Gasteiger partial charge in [-0.2, -0.15) is 0 Å². The highest BCUT2D eigenvalue weighted by molar-refractivity contribution is 9.10. The van der Waals surface area contributed by atoms with Gasteiger partial charge in [0.1, 0.15) is 0 Å². The summed E-state index contributed by atoms with van der Waals surface area (Å²) in [4.78, 5) is 1.08. The Kier molecular flexibility index (Phi) is 5.50. The zero-order valence-electron chi connectivity index (χ0n) is 12.1. The summed E-state index contributed by atoms with van der Waals surface area (Å²) in [5.74, 6) is 1.56. The molecule has 0 aliphatic heterocycles. The van der Waals surface area contributed by atoms with Crippen molar-refractivity contribution in [1.29, 1.82) is 0 Å². The van der Waals surface area contributed by atoms with E-state index in [1.165, 1.54) is 0 Å². The fraction of sp³-hybridized carbons (Fsp3) is 0.333. The Bertz CT molecular complexity index is 612. The number of rotatable bonds is 6. The summed E-state index contributed by atoms with van der Waals surface area (Å²) >= 11 is 5.08. The second-order valence-corrected chi connectivity index (χ2v) is 6.19. The van der Waals surface area contributed by atoms with Gasteiger partial charge >= 0.3 is 0 Å². The van der Waals surface area contributed by atoms with Crippen LogP contribution < -0.4 is 14.2 Å². The average Bonchev–Trinajstić information content (AvgIpc) is 2.90. The molecule has 1 heterocycles. The van der Waals surface area contributed by atoms with Gasteiger partial charge in [0.25, 0.3) is 0 Å². The molecule has 2 aromatic rings. The molecule has 6 heteroatoms. The SMILES string of the molecule is COc1ccc(C(O)Cc2sccc2Br)c(OC)c1OC. The number of hydrogen-bond donors (Lipinski definition) is 1. The van der Waals surface area contributed by atoms with Crippen LogP contribution in [0.1, 0.15) is 16.5 Å². The molecule has 0 spiro atoms. The zero-order chi connectivity index (χ0) is 15.4. The molecular formula is C15H17BrO4S. The molecule has 0 bridgehead atoms. The van der Waals surface area contributed by atoms with E-state index in [1.54, 1.807) is 44.8 Å². The van der Waals surface area contributed by atoms with Crippen molar-refractivity contribution in [3.8, 4) is 17.2 Å². The Labute approximate surface area is 136 Å². The molecule has 1 aromatic heterocycles. The number of benzene rings is 1. The van der Waals surface area contributed by atoms with Gasteiger partial charge in [0.05, 0.1) is 27.4 Å². The van der Waals surface area contributed by atoms with Gasteiger partial charge in [0.2, 0.25) is 5.75 Å². The second kappa shape index (κ2) is 7.15. The molecule has 0 fully saturated rings. The Morgan fingerprint density at radius 3 is 2.33 bits per heavy atom. The molecule has 2 rings (SSSR count). The molecule has 0 aliphatic rings. The molecule has 0 amide bonds. The molecule has 0 aliphatic carbocycles. The Balaban J connectivity index is 2.36. The van der Waals surface area contributed by atoms with Crippen molar-refractivity contribution in [2.75, 3.05) is 21.3 Å². The van der Waals surface area contributed by atoms with Gasteiger partial charge in [-0.25, -0.2) is 0 Å². The first-order chi connectivity index (χ1) is 10.1. The van der Waals surface area contributed by atoms with Gasteiger partial charge in [-0.1, -0.05) is 0 Å². The van der Waals surface area contributed by atoms with Crippen LogP contribution in [-0.2, 0) is 6.42 Å². The smallest absolute Gasteiger partial charge is 0.203 e. The predicted molar refractivity (Wildman–Crippen MR) is 86.8 cm³/mol. The maximum atomic E-state index is 10.5. The van der Waals surface area contributed by atoms with Crippen molar-refractivity contribution in [1.82, 2.24) is 0 Å². The maximum Gasteiger partial charge on any atom is 0.203 e. The molecule has 1 aromatic carbocycles. The van der Waals surface area contributed by atoms with E-state index in [0.717, 1.165) is 9.35 Å². The van der Waals surface area contributed by atoms with Gasteiger partial charge in [0.15, 0.2) is 11.5 Å². The van der Waals surface area contributed by atoms with Gasteiger partial charge < -0.3 is 19.3 Å². The number of hydrogen-bond acceptors (Lipinski definition) is 5. The molecule has 0 saturated heterocycles. The highest BCUT2D eigenvalue weighted by Gasteiger charge is 2.22. The topological polar surface area (TPSA) is 47.9 Å². The van der Waals surface area contributed by atoms with E-state index in [1.807, 2.05) is 11.4 Å². The van der Waals surface area contributed by atoms with Gasteiger partial charge in [-0.15, -0.1) is 11.3 Å². The lowest BCUT2D eigenvalue weighted by atomic mass is 10.0. The molecule has 4 nitrogen and oxygen atoms in total. The largest absolute Gasteiger partial charge is 0.493 e. The quantitative estimate of drug-likeness (QED) is 0.837. The van der Waals surface area contributed by atoms with Crippen LogP contribution in [0.5, 0.6) is 17.2 Å². The summed E-state index contributed by atoms with van der Waals surface area (Å²) in [5, 5.41) is 12.5. The predicted octanol–water partition coefficient (Wildman–Crippen LogP) is 3.81. The van der Waals surface area contributed by atoms with E-state index in [-0.39, 0.29) is 0 Å². The number of aliphatic hydroxyl groups excluding tert-OH is 1. The number of methoxy groups -OCH3 is 3. The molecule has 1 unspecified atom stereocenters. The minimum atomic E-state index is -0.685. The second-order valence-electron chi connectivity index (χ2n) is 4.34. The van der Waals surface area contributed by atoms with E-state index in [2.05, 4.69) is 15.9 Å². The summed E-state index contributed by atoms with van der Waals surface area (Å²) in [5.41, 5.74) is 0.676. The van der Waals surface area contributed by atoms with Crippen LogP contribution in [-0.4, -0.2) is 26.4 Å². The van der Waals surface area contributed by atoms with Gasteiger partial charge in [0, 0.05) is 21.3 Å². The van der Waals surface area contributed by atoms with Crippen molar-refractivity contribution in [3.63, 3.8) is 0 Å². The van der Waals surface area contributed by atoms with E-state index in [0.29, 0.717) is 29.2 Å². The van der Waals surface area contributed by atoms with Gasteiger partial charge in [-0.05, 0) is 39.5 Å². The average molecular weight is 373 g/mol. The zero-order valence-corrected chi connectivity index (χ0v) is 14.5.